The van der Waals surface area contributed by atoms with Crippen LogP contribution in [0.1, 0.15) is 32.8 Å². The van der Waals surface area contributed by atoms with Gasteiger partial charge in [0.1, 0.15) is 11.5 Å². The molecule has 2 aromatic rings. The van der Waals surface area contributed by atoms with E-state index in [1.165, 1.54) is 16.9 Å². The number of allylic oxidation sites excluding steroid dienone is 2. The fraction of sp³-hybridized carbons (Fsp3) is 0.407. The molecule has 31 heavy (non-hydrogen) atoms. The van der Waals surface area contributed by atoms with E-state index >= 15 is 0 Å². The highest BCUT2D eigenvalue weighted by Gasteiger charge is 2.67. The van der Waals surface area contributed by atoms with Gasteiger partial charge in [-0.25, -0.2) is 0 Å². The van der Waals surface area contributed by atoms with Crippen LogP contribution in [0.25, 0.3) is 0 Å². The van der Waals surface area contributed by atoms with Gasteiger partial charge in [0.05, 0.1) is 17.5 Å². The number of nitrogens with zero attached hydrogens (tertiary/aromatic N) is 1. The Morgan fingerprint density at radius 2 is 1.26 bits per heavy atom. The third-order valence-electron chi connectivity index (χ3n) is 7.71. The Labute approximate surface area is 182 Å². The maximum absolute atomic E-state index is 13.2. The second-order valence-corrected chi connectivity index (χ2v) is 10.5. The van der Waals surface area contributed by atoms with E-state index in [4.69, 9.17) is 4.74 Å². The molecule has 4 heteroatoms. The van der Waals surface area contributed by atoms with Crippen LogP contribution in [0.4, 0.5) is 5.69 Å². The van der Waals surface area contributed by atoms with Gasteiger partial charge in [-0.05, 0) is 77.5 Å². The van der Waals surface area contributed by atoms with Crippen LogP contribution >= 0.6 is 0 Å². The molecule has 0 radical (unpaired) electrons. The Balaban J connectivity index is 1.21. The van der Waals surface area contributed by atoms with E-state index in [9.17, 15) is 9.59 Å². The summed E-state index contributed by atoms with van der Waals surface area (Å²) in [4.78, 5) is 27.9. The van der Waals surface area contributed by atoms with Crippen LogP contribution in [-0.2, 0) is 15.0 Å². The SMILES string of the molecule is CC(C)(C)c1ccc(Oc2ccc(N3C(=O)[C@@H]4[C@H]5C=C[C@@H]([C@@H]6C[C@@H]56)[C@H]4C3=O)cc2)cc1. The number of imide groups is 1. The summed E-state index contributed by atoms with van der Waals surface area (Å²) in [5.41, 5.74) is 2.00. The number of hydrogen-bond acceptors (Lipinski definition) is 3. The fourth-order valence-corrected chi connectivity index (χ4v) is 6.03. The lowest BCUT2D eigenvalue weighted by atomic mass is 9.63. The van der Waals surface area contributed by atoms with Crippen molar-refractivity contribution in [2.24, 2.45) is 35.5 Å². The highest BCUT2D eigenvalue weighted by molar-refractivity contribution is 6.22. The van der Waals surface area contributed by atoms with Crippen molar-refractivity contribution >= 4 is 17.5 Å². The molecule has 2 aromatic carbocycles. The highest BCUT2D eigenvalue weighted by atomic mass is 16.5. The van der Waals surface area contributed by atoms with Gasteiger partial charge < -0.3 is 4.74 Å². The summed E-state index contributed by atoms with van der Waals surface area (Å²) >= 11 is 0. The number of carbonyl (C=O) groups excluding carboxylic acids is 2. The zero-order chi connectivity index (χ0) is 21.5. The summed E-state index contributed by atoms with van der Waals surface area (Å²) in [6.07, 6.45) is 5.59. The number of rotatable bonds is 3. The Morgan fingerprint density at radius 3 is 1.74 bits per heavy atom. The van der Waals surface area contributed by atoms with Gasteiger partial charge in [-0.15, -0.1) is 0 Å². The van der Waals surface area contributed by atoms with E-state index in [0.29, 0.717) is 23.3 Å². The predicted molar refractivity (Wildman–Crippen MR) is 119 cm³/mol. The minimum Gasteiger partial charge on any atom is -0.457 e. The van der Waals surface area contributed by atoms with Crippen LogP contribution in [0.2, 0.25) is 0 Å². The first kappa shape index (κ1) is 18.9. The van der Waals surface area contributed by atoms with Crippen molar-refractivity contribution in [2.45, 2.75) is 32.6 Å². The molecule has 6 atom stereocenters. The number of carbonyl (C=O) groups is 2. The van der Waals surface area contributed by atoms with Gasteiger partial charge in [0.15, 0.2) is 0 Å². The molecule has 1 saturated heterocycles. The number of hydrogen-bond donors (Lipinski definition) is 0. The molecule has 0 aromatic heterocycles. The van der Waals surface area contributed by atoms with E-state index in [-0.39, 0.29) is 40.9 Å². The normalized spacial score (nSPS) is 32.8. The number of amides is 2. The molecule has 1 heterocycles. The van der Waals surface area contributed by atoms with E-state index in [0.717, 1.165) is 5.75 Å². The summed E-state index contributed by atoms with van der Waals surface area (Å²) in [5, 5.41) is 0. The topological polar surface area (TPSA) is 46.6 Å². The van der Waals surface area contributed by atoms with Crippen molar-refractivity contribution in [3.8, 4) is 11.5 Å². The van der Waals surface area contributed by atoms with E-state index in [1.807, 2.05) is 36.4 Å². The smallest absolute Gasteiger partial charge is 0.238 e. The Morgan fingerprint density at radius 1 is 0.774 bits per heavy atom. The monoisotopic (exact) mass is 413 g/mol. The van der Waals surface area contributed by atoms with Gasteiger partial charge in [-0.1, -0.05) is 45.1 Å². The van der Waals surface area contributed by atoms with E-state index in [2.05, 4.69) is 45.1 Å². The van der Waals surface area contributed by atoms with Crippen LogP contribution in [-0.4, -0.2) is 11.8 Å². The number of benzene rings is 2. The number of anilines is 1. The molecule has 2 bridgehead atoms. The van der Waals surface area contributed by atoms with Gasteiger partial charge in [0.25, 0.3) is 0 Å². The van der Waals surface area contributed by atoms with E-state index < -0.39 is 0 Å². The maximum Gasteiger partial charge on any atom is 0.238 e. The van der Waals surface area contributed by atoms with Crippen LogP contribution in [0.3, 0.4) is 0 Å². The summed E-state index contributed by atoms with van der Waals surface area (Å²) in [6.45, 7) is 6.55. The maximum atomic E-state index is 13.2. The standard InChI is InChI=1S/C27H27NO3/c1-27(2,3)15-4-8-17(9-5-15)31-18-10-6-16(7-11-18)28-25(29)23-19-12-13-20(22-14-21(19)22)24(23)26(28)30/h4-13,19-24H,14H2,1-3H3/t19-,20-,21-,22-,23+,24+/m0/s1. The van der Waals surface area contributed by atoms with Crippen LogP contribution in [0.5, 0.6) is 11.5 Å². The number of ether oxygens (including phenoxy) is 1. The van der Waals surface area contributed by atoms with Crippen LogP contribution in [0, 0.1) is 35.5 Å². The van der Waals surface area contributed by atoms with Crippen molar-refractivity contribution in [3.63, 3.8) is 0 Å². The first-order chi connectivity index (χ1) is 14.8. The first-order valence-electron chi connectivity index (χ1n) is 11.3. The molecule has 0 N–H and O–H groups in total. The molecule has 1 aliphatic heterocycles. The summed E-state index contributed by atoms with van der Waals surface area (Å²) in [6, 6.07) is 15.4. The second kappa shape index (κ2) is 6.32. The van der Waals surface area contributed by atoms with Gasteiger partial charge in [0, 0.05) is 0 Å². The third-order valence-corrected chi connectivity index (χ3v) is 7.71. The quantitative estimate of drug-likeness (QED) is 0.504. The molecule has 2 saturated carbocycles. The molecule has 158 valence electrons. The van der Waals surface area contributed by atoms with Gasteiger partial charge in [0.2, 0.25) is 11.8 Å². The largest absolute Gasteiger partial charge is 0.457 e. The molecule has 0 unspecified atom stereocenters. The average molecular weight is 414 g/mol. The van der Waals surface area contributed by atoms with Crippen molar-refractivity contribution in [1.29, 1.82) is 0 Å². The molecule has 7 rings (SSSR count). The minimum absolute atomic E-state index is 0.0221. The lowest BCUT2D eigenvalue weighted by Crippen LogP contribution is -2.40. The van der Waals surface area contributed by atoms with Gasteiger partial charge >= 0.3 is 0 Å². The predicted octanol–water partition coefficient (Wildman–Crippen LogP) is 5.33. The van der Waals surface area contributed by atoms with E-state index in [1.54, 1.807) is 0 Å². The average Bonchev–Trinajstić information content (AvgIpc) is 3.52. The van der Waals surface area contributed by atoms with Crippen molar-refractivity contribution < 1.29 is 14.3 Å². The Bertz CT molecular complexity index is 1060. The molecule has 5 aliphatic rings. The molecular formula is C27H27NO3. The minimum atomic E-state index is -0.163. The summed E-state index contributed by atoms with van der Waals surface area (Å²) in [5.74, 6) is 2.82. The highest BCUT2D eigenvalue weighted by Crippen LogP contribution is 2.65. The zero-order valence-electron chi connectivity index (χ0n) is 18.1. The Kier molecular flexibility index (Phi) is 3.84. The molecule has 0 spiro atoms. The Hall–Kier alpha value is -2.88. The lowest BCUT2D eigenvalue weighted by Gasteiger charge is -2.37. The molecule has 4 nitrogen and oxygen atoms in total. The molecule has 3 fully saturated rings. The van der Waals surface area contributed by atoms with Crippen LogP contribution in [0.15, 0.2) is 60.7 Å². The van der Waals surface area contributed by atoms with Crippen molar-refractivity contribution in [1.82, 2.24) is 0 Å². The van der Waals surface area contributed by atoms with Crippen molar-refractivity contribution in [3.05, 3.63) is 66.2 Å². The van der Waals surface area contributed by atoms with Crippen molar-refractivity contribution in [2.75, 3.05) is 4.90 Å². The first-order valence-corrected chi connectivity index (χ1v) is 11.3. The fourth-order valence-electron chi connectivity index (χ4n) is 6.03. The molecular weight excluding hydrogens is 386 g/mol. The van der Waals surface area contributed by atoms with Crippen LogP contribution < -0.4 is 9.64 Å². The van der Waals surface area contributed by atoms with Gasteiger partial charge in [-0.2, -0.15) is 0 Å². The molecule has 4 aliphatic carbocycles. The molecule has 2 amide bonds. The second-order valence-electron chi connectivity index (χ2n) is 10.5. The zero-order valence-corrected chi connectivity index (χ0v) is 18.1. The summed E-state index contributed by atoms with van der Waals surface area (Å²) in [7, 11) is 0. The summed E-state index contributed by atoms with van der Waals surface area (Å²) < 4.78 is 5.98. The lowest BCUT2D eigenvalue weighted by molar-refractivity contribution is -0.124. The van der Waals surface area contributed by atoms with Gasteiger partial charge in [-0.3, -0.25) is 14.5 Å². The third kappa shape index (κ3) is 2.80.